The van der Waals surface area contributed by atoms with Gasteiger partial charge in [-0.1, -0.05) is 12.1 Å². The zero-order valence-electron chi connectivity index (χ0n) is 16.4. The van der Waals surface area contributed by atoms with E-state index in [9.17, 15) is 8.42 Å². The number of nitrogens with zero attached hydrogens (tertiary/aromatic N) is 2. The molecule has 1 aliphatic heterocycles. The maximum atomic E-state index is 12.7. The molecule has 0 amide bonds. The van der Waals surface area contributed by atoms with Crippen molar-refractivity contribution in [1.29, 1.82) is 0 Å². The smallest absolute Gasteiger partial charge is 0.240 e. The van der Waals surface area contributed by atoms with Gasteiger partial charge in [0.05, 0.1) is 4.90 Å². The quantitative estimate of drug-likeness (QED) is 0.827. The lowest BCUT2D eigenvalue weighted by Crippen LogP contribution is -2.38. The molecule has 1 N–H and O–H groups in total. The molecule has 0 aliphatic carbocycles. The number of hydrogen-bond acceptors (Lipinski definition) is 4. The molecule has 1 saturated heterocycles. The predicted octanol–water partition coefficient (Wildman–Crippen LogP) is 3.20. The average Bonchev–Trinajstić information content (AvgIpc) is 2.65. The first-order chi connectivity index (χ1) is 12.8. The van der Waals surface area contributed by atoms with Crippen molar-refractivity contribution in [3.05, 3.63) is 58.9 Å². The molecule has 0 spiro atoms. The number of rotatable bonds is 6. The molecule has 1 aromatic carbocycles. The Morgan fingerprint density at radius 2 is 1.81 bits per heavy atom. The maximum absolute atomic E-state index is 12.7. The second-order valence-electron chi connectivity index (χ2n) is 7.63. The zero-order valence-corrected chi connectivity index (χ0v) is 17.2. The summed E-state index contributed by atoms with van der Waals surface area (Å²) in [5, 5.41) is 0. The first kappa shape index (κ1) is 20.0. The van der Waals surface area contributed by atoms with Crippen LogP contribution in [-0.2, 0) is 16.6 Å². The van der Waals surface area contributed by atoms with Crippen LogP contribution in [0.15, 0.2) is 41.6 Å². The summed E-state index contributed by atoms with van der Waals surface area (Å²) in [6.07, 6.45) is 5.72. The molecular weight excluding hydrogens is 358 g/mol. The van der Waals surface area contributed by atoms with Gasteiger partial charge in [0.15, 0.2) is 0 Å². The molecule has 3 rings (SSSR count). The molecule has 1 aromatic heterocycles. The fraction of sp³-hybridized carbons (Fsp3) is 0.476. The van der Waals surface area contributed by atoms with E-state index in [0.29, 0.717) is 17.4 Å². The minimum absolute atomic E-state index is 0.386. The molecule has 6 heteroatoms. The summed E-state index contributed by atoms with van der Waals surface area (Å²) in [5.41, 5.74) is 4.15. The third-order valence-electron chi connectivity index (χ3n) is 5.48. The predicted molar refractivity (Wildman–Crippen MR) is 108 cm³/mol. The molecule has 1 fully saturated rings. The lowest BCUT2D eigenvalue weighted by Gasteiger charge is -2.32. The Balaban J connectivity index is 1.53. The highest BCUT2D eigenvalue weighted by Gasteiger charge is 2.23. The molecule has 5 nitrogen and oxygen atoms in total. The number of nitrogens with one attached hydrogen (secondary N) is 1. The Kier molecular flexibility index (Phi) is 6.29. The van der Waals surface area contributed by atoms with Gasteiger partial charge in [-0.3, -0.25) is 9.88 Å². The van der Waals surface area contributed by atoms with Crippen LogP contribution in [0, 0.1) is 26.7 Å². The molecule has 0 bridgehead atoms. The molecular formula is C21H29N3O2S. The highest BCUT2D eigenvalue weighted by atomic mass is 32.2. The average molecular weight is 388 g/mol. The first-order valence-corrected chi connectivity index (χ1v) is 11.0. The standard InChI is InChI=1S/C21H29N3O2S/c1-16-11-18(3)21(12-17(16)2)27(25,26)23-14-19-6-9-24(10-7-19)15-20-5-4-8-22-13-20/h4-5,8,11-13,19,23H,6-7,9-10,14-15H2,1-3H3. The Labute approximate surface area is 162 Å². The maximum Gasteiger partial charge on any atom is 0.240 e. The van der Waals surface area contributed by atoms with Crippen molar-refractivity contribution in [3.63, 3.8) is 0 Å². The third-order valence-corrected chi connectivity index (χ3v) is 7.04. The molecule has 0 unspecified atom stereocenters. The van der Waals surface area contributed by atoms with Gasteiger partial charge in [-0.25, -0.2) is 13.1 Å². The number of pyridine rings is 1. The molecule has 146 valence electrons. The second kappa shape index (κ2) is 8.50. The molecule has 2 aromatic rings. The number of piperidine rings is 1. The van der Waals surface area contributed by atoms with Crippen LogP contribution in [0.4, 0.5) is 0 Å². The summed E-state index contributed by atoms with van der Waals surface area (Å²) in [6, 6.07) is 7.79. The van der Waals surface area contributed by atoms with Gasteiger partial charge >= 0.3 is 0 Å². The minimum atomic E-state index is -3.46. The van der Waals surface area contributed by atoms with Crippen molar-refractivity contribution in [3.8, 4) is 0 Å². The summed E-state index contributed by atoms with van der Waals surface area (Å²) in [5.74, 6) is 0.386. The second-order valence-corrected chi connectivity index (χ2v) is 9.37. The number of benzene rings is 1. The fourth-order valence-electron chi connectivity index (χ4n) is 3.63. The summed E-state index contributed by atoms with van der Waals surface area (Å²) in [4.78, 5) is 6.98. The van der Waals surface area contributed by atoms with E-state index in [1.165, 1.54) is 5.56 Å². The summed E-state index contributed by atoms with van der Waals surface area (Å²) in [6.45, 7) is 9.21. The van der Waals surface area contributed by atoms with Crippen LogP contribution in [0.1, 0.15) is 35.1 Å². The molecule has 0 atom stereocenters. The van der Waals surface area contributed by atoms with Gasteiger partial charge < -0.3 is 0 Å². The molecule has 1 aliphatic rings. The van der Waals surface area contributed by atoms with E-state index < -0.39 is 10.0 Å². The van der Waals surface area contributed by atoms with Crippen molar-refractivity contribution in [2.24, 2.45) is 5.92 Å². The van der Waals surface area contributed by atoms with E-state index in [4.69, 9.17) is 0 Å². The van der Waals surface area contributed by atoms with E-state index >= 15 is 0 Å². The summed E-state index contributed by atoms with van der Waals surface area (Å²) < 4.78 is 28.3. The van der Waals surface area contributed by atoms with Crippen LogP contribution < -0.4 is 4.72 Å². The largest absolute Gasteiger partial charge is 0.299 e. The van der Waals surface area contributed by atoms with Crippen molar-refractivity contribution < 1.29 is 8.42 Å². The number of aryl methyl sites for hydroxylation is 3. The van der Waals surface area contributed by atoms with Crippen molar-refractivity contribution in [1.82, 2.24) is 14.6 Å². The van der Waals surface area contributed by atoms with E-state index in [2.05, 4.69) is 20.7 Å². The van der Waals surface area contributed by atoms with E-state index in [-0.39, 0.29) is 0 Å². The van der Waals surface area contributed by atoms with Gasteiger partial charge in [0, 0.05) is 25.5 Å². The first-order valence-electron chi connectivity index (χ1n) is 9.54. The lowest BCUT2D eigenvalue weighted by atomic mass is 9.97. The van der Waals surface area contributed by atoms with Crippen LogP contribution in [0.2, 0.25) is 0 Å². The normalized spacial score (nSPS) is 16.6. The Morgan fingerprint density at radius 3 is 2.48 bits per heavy atom. The minimum Gasteiger partial charge on any atom is -0.299 e. The summed E-state index contributed by atoms with van der Waals surface area (Å²) in [7, 11) is -3.46. The Bertz CT molecular complexity index is 874. The molecule has 2 heterocycles. The Hall–Kier alpha value is -1.76. The summed E-state index contributed by atoms with van der Waals surface area (Å²) >= 11 is 0. The Morgan fingerprint density at radius 1 is 1.11 bits per heavy atom. The molecule has 0 saturated carbocycles. The van der Waals surface area contributed by atoms with Gasteiger partial charge in [-0.15, -0.1) is 0 Å². The molecule has 27 heavy (non-hydrogen) atoms. The zero-order chi connectivity index (χ0) is 19.4. The van der Waals surface area contributed by atoms with Gasteiger partial charge in [-0.2, -0.15) is 0 Å². The highest BCUT2D eigenvalue weighted by molar-refractivity contribution is 7.89. The van der Waals surface area contributed by atoms with Crippen molar-refractivity contribution in [2.45, 2.75) is 45.1 Å². The van der Waals surface area contributed by atoms with E-state index in [1.54, 1.807) is 12.3 Å². The topological polar surface area (TPSA) is 62.3 Å². The van der Waals surface area contributed by atoms with Crippen LogP contribution >= 0.6 is 0 Å². The number of sulfonamides is 1. The number of aromatic nitrogens is 1. The lowest BCUT2D eigenvalue weighted by molar-refractivity contribution is 0.178. The molecule has 0 radical (unpaired) electrons. The number of likely N-dealkylation sites (tertiary alicyclic amines) is 1. The van der Waals surface area contributed by atoms with Gasteiger partial charge in [0.1, 0.15) is 0 Å². The van der Waals surface area contributed by atoms with Gasteiger partial charge in [0.2, 0.25) is 10.0 Å². The van der Waals surface area contributed by atoms with E-state index in [1.807, 2.05) is 39.1 Å². The van der Waals surface area contributed by atoms with Gasteiger partial charge in [-0.05, 0) is 87.0 Å². The van der Waals surface area contributed by atoms with Crippen LogP contribution in [0.3, 0.4) is 0 Å². The van der Waals surface area contributed by atoms with Crippen molar-refractivity contribution >= 4 is 10.0 Å². The third kappa shape index (κ3) is 5.15. The number of hydrogen-bond donors (Lipinski definition) is 1. The fourth-order valence-corrected chi connectivity index (χ4v) is 5.05. The SMILES string of the molecule is Cc1cc(C)c(S(=O)(=O)NCC2CCN(Cc3cccnc3)CC2)cc1C. The monoisotopic (exact) mass is 387 g/mol. The van der Waals surface area contributed by atoms with Crippen LogP contribution in [0.5, 0.6) is 0 Å². The van der Waals surface area contributed by atoms with Crippen LogP contribution in [-0.4, -0.2) is 37.9 Å². The highest BCUT2D eigenvalue weighted by Crippen LogP contribution is 2.22. The van der Waals surface area contributed by atoms with Crippen molar-refractivity contribution in [2.75, 3.05) is 19.6 Å². The van der Waals surface area contributed by atoms with Crippen LogP contribution in [0.25, 0.3) is 0 Å². The van der Waals surface area contributed by atoms with Gasteiger partial charge in [0.25, 0.3) is 0 Å². The van der Waals surface area contributed by atoms with E-state index in [0.717, 1.165) is 49.2 Å².